The third kappa shape index (κ3) is 15.3. The molecule has 4 amide bonds. The molecule has 21 nitrogen and oxygen atoms in total. The molecule has 7 rings (SSSR count). The van der Waals surface area contributed by atoms with Crippen molar-refractivity contribution < 1.29 is 58.6 Å². The van der Waals surface area contributed by atoms with Crippen molar-refractivity contribution in [2.45, 2.75) is 193 Å². The molecule has 3 saturated carbocycles. The summed E-state index contributed by atoms with van der Waals surface area (Å²) in [6, 6.07) is 2.92. The van der Waals surface area contributed by atoms with E-state index < -0.39 is 96.3 Å². The van der Waals surface area contributed by atoms with Crippen LogP contribution in [0.1, 0.15) is 147 Å². The van der Waals surface area contributed by atoms with Gasteiger partial charge < -0.3 is 35.1 Å². The van der Waals surface area contributed by atoms with Crippen molar-refractivity contribution in [3.05, 3.63) is 28.6 Å². The molecule has 75 heavy (non-hydrogen) atoms. The fourth-order valence-corrected chi connectivity index (χ4v) is 12.4. The number of carbonyl (C=O) groups excluding carboxylic acids is 4. The molecule has 1 saturated heterocycles. The highest BCUT2D eigenvalue weighted by Crippen LogP contribution is 2.48. The van der Waals surface area contributed by atoms with E-state index in [2.05, 4.69) is 20.7 Å². The van der Waals surface area contributed by atoms with E-state index in [1.165, 1.54) is 23.3 Å². The first-order chi connectivity index (χ1) is 34.8. The highest BCUT2D eigenvalue weighted by atomic mass is 35.5. The maximum absolute atomic E-state index is 14.9. The van der Waals surface area contributed by atoms with Gasteiger partial charge in [-0.1, -0.05) is 72.4 Å². The van der Waals surface area contributed by atoms with Crippen molar-refractivity contribution in [1.29, 1.82) is 0 Å². The summed E-state index contributed by atoms with van der Waals surface area (Å²) in [4.78, 5) is 67.6. The first kappa shape index (κ1) is 59.7. The van der Waals surface area contributed by atoms with Gasteiger partial charge in [0.1, 0.15) is 51.5 Å². The van der Waals surface area contributed by atoms with Crippen LogP contribution in [-0.4, -0.2) is 116 Å². The number of nitrogens with zero attached hydrogens (tertiary/aromatic N) is 3. The van der Waals surface area contributed by atoms with E-state index in [0.29, 0.717) is 71.0 Å². The van der Waals surface area contributed by atoms with Gasteiger partial charge in [-0.05, 0) is 103 Å². The van der Waals surface area contributed by atoms with Crippen LogP contribution in [0.15, 0.2) is 23.6 Å². The molecule has 3 aromatic rings. The number of ether oxygens (including phenoxy) is 3. The van der Waals surface area contributed by atoms with Gasteiger partial charge in [-0.15, -0.1) is 11.3 Å². The molecule has 4 fully saturated rings. The van der Waals surface area contributed by atoms with Gasteiger partial charge in [0.2, 0.25) is 11.8 Å². The number of halogens is 1. The lowest BCUT2D eigenvalue weighted by Crippen LogP contribution is -2.60. The number of methoxy groups -OCH3 is 1. The number of benzene rings is 1. The Hall–Kier alpha value is -4.59. The molecule has 0 unspecified atom stereocenters. The van der Waals surface area contributed by atoms with Crippen LogP contribution in [-0.2, 0) is 48.1 Å². The molecule has 0 bridgehead atoms. The molecule has 25 heteroatoms. The zero-order valence-corrected chi connectivity index (χ0v) is 48.2. The first-order valence-electron chi connectivity index (χ1n) is 25.5. The Balaban J connectivity index is 0.000000737. The quantitative estimate of drug-likeness (QED) is 0.0684. The van der Waals surface area contributed by atoms with Gasteiger partial charge in [0, 0.05) is 29.3 Å². The second-order valence-corrected chi connectivity index (χ2v) is 26.1. The number of fused-ring (bicyclic) bond motifs is 1. The Labute approximate surface area is 450 Å². The van der Waals surface area contributed by atoms with Gasteiger partial charge in [0.15, 0.2) is 5.13 Å². The predicted octanol–water partition coefficient (Wildman–Crippen LogP) is 7.66. The van der Waals surface area contributed by atoms with E-state index in [1.54, 1.807) is 59.7 Å². The summed E-state index contributed by atoms with van der Waals surface area (Å²) in [6.07, 6.45) is 4.63. The number of likely N-dealkylation sites (tertiary alicyclic amines) is 1. The lowest BCUT2D eigenvalue weighted by Gasteiger charge is -2.36. The summed E-state index contributed by atoms with van der Waals surface area (Å²) in [5.41, 5.74) is -3.19. The largest absolute Gasteiger partial charge is 0.495 e. The third-order valence-corrected chi connectivity index (χ3v) is 16.1. The third-order valence-electron chi connectivity index (χ3n) is 13.3. The number of hydrogen-bond acceptors (Lipinski definition) is 17. The number of hydrogen-bond donors (Lipinski definition) is 5. The minimum atomic E-state index is -4.52. The Morgan fingerprint density at radius 3 is 2.07 bits per heavy atom. The average Bonchev–Trinajstić information content (AvgIpc) is 4.24. The normalized spacial score (nSPS) is 22.1. The van der Waals surface area contributed by atoms with Crippen molar-refractivity contribution in [2.24, 2.45) is 16.5 Å². The van der Waals surface area contributed by atoms with Crippen LogP contribution < -0.4 is 35.3 Å². The molecule has 4 aliphatic rings. The van der Waals surface area contributed by atoms with Crippen LogP contribution in [0.2, 0.25) is 5.02 Å². The topological polar surface area (TPSA) is 286 Å². The van der Waals surface area contributed by atoms with Crippen molar-refractivity contribution in [3.8, 4) is 22.9 Å². The number of rotatable bonds is 21. The molecule has 3 aliphatic carbocycles. The molecule has 2 aromatic heterocycles. The van der Waals surface area contributed by atoms with Crippen LogP contribution in [0.5, 0.6) is 11.5 Å². The summed E-state index contributed by atoms with van der Waals surface area (Å²) in [5.74, 6) is -1.86. The monoisotopic (exact) mass is 1130 g/mol. The summed E-state index contributed by atoms with van der Waals surface area (Å²) < 4.78 is 77.5. The maximum atomic E-state index is 14.9. The number of carbonyl (C=O) groups is 4. The number of alkyl carbamates (subject to hydrolysis) is 1. The Kier molecular flexibility index (Phi) is 18.1. The van der Waals surface area contributed by atoms with E-state index in [-0.39, 0.29) is 30.5 Å². The number of thiazole rings is 1. The standard InChI is InChI=1S/C44H62ClN7O10S2.C6H13NO3S/c1-12-16-43(17-18-43)62-64(57,58)51-38(55)44(21-25(44)13-2)50-36(53)30-19-26(22-52(30)37(54)35(41(5,6)7)49-40(56)61-42(8,9)10)60-32-20-28(29-23-63-39(48-29)46-24(3)4)47-34-27(32)14-15-31(59-11)33(34)45;1-2-3-6(4-5-6)10-11(7,8)9/h14-15,20,23-26,30,35H,12-13,16-19,21-22H2,1-11H3,(H,46,48)(H,49,56)(H,50,53)(H,51,55);2-5H2,1H3,(H2,7,8,9)/t25-,26-,30+,35-,44-;/m1./s1. The van der Waals surface area contributed by atoms with Gasteiger partial charge in [0.25, 0.3) is 5.91 Å². The second kappa shape index (κ2) is 22.8. The summed E-state index contributed by atoms with van der Waals surface area (Å²) >= 11 is 8.27. The highest BCUT2D eigenvalue weighted by Gasteiger charge is 2.62. The minimum absolute atomic E-state index is 0.0431. The summed E-state index contributed by atoms with van der Waals surface area (Å²) in [7, 11) is -6.76. The fourth-order valence-electron chi connectivity index (χ4n) is 9.35. The molecule has 0 spiro atoms. The SMILES string of the molecule is CCCC1(OS(=O)(=O)NC(=O)[C@@]2(NC(=O)[C@@H]3C[C@@H](Oc4cc(-c5csc(NC(C)C)n5)nc5c(Cl)c(OC)ccc45)CN3C(=O)[C@@H](NC(=O)OC(C)(C)C)C(C)(C)C)C[C@H]2CC)CC1.CCCC1(OS(N)(=O)=O)CC1. The number of nitrogens with one attached hydrogen (secondary N) is 4. The molecule has 5 atom stereocenters. The Morgan fingerprint density at radius 2 is 1.55 bits per heavy atom. The molecular formula is C50H75ClN8O13S3. The number of nitrogens with two attached hydrogens (primary N) is 1. The number of amides is 4. The van der Waals surface area contributed by atoms with Crippen LogP contribution in [0.3, 0.4) is 0 Å². The van der Waals surface area contributed by atoms with Gasteiger partial charge in [-0.25, -0.2) is 28.8 Å². The molecular weight excluding hydrogens is 1050 g/mol. The Bertz CT molecular complexity index is 2830. The minimum Gasteiger partial charge on any atom is -0.495 e. The summed E-state index contributed by atoms with van der Waals surface area (Å²) in [6.45, 7) is 20.1. The van der Waals surface area contributed by atoms with E-state index in [4.69, 9.17) is 49.3 Å². The second-order valence-electron chi connectivity index (χ2n) is 22.4. The molecule has 1 aromatic carbocycles. The number of aromatic nitrogens is 2. The van der Waals surface area contributed by atoms with E-state index in [0.717, 1.165) is 25.7 Å². The Morgan fingerprint density at radius 1 is 0.920 bits per heavy atom. The average molecular weight is 1130 g/mol. The number of anilines is 1. The van der Waals surface area contributed by atoms with Gasteiger partial charge in [0.05, 0.1) is 36.1 Å². The van der Waals surface area contributed by atoms with Crippen molar-refractivity contribution in [1.82, 2.24) is 30.2 Å². The first-order valence-corrected chi connectivity index (χ1v) is 29.6. The van der Waals surface area contributed by atoms with Gasteiger partial charge in [-0.2, -0.15) is 16.8 Å². The zero-order valence-electron chi connectivity index (χ0n) is 45.0. The van der Waals surface area contributed by atoms with Crippen LogP contribution in [0, 0.1) is 11.3 Å². The zero-order chi connectivity index (χ0) is 55.7. The van der Waals surface area contributed by atoms with Gasteiger partial charge in [-0.3, -0.25) is 18.6 Å². The smallest absolute Gasteiger partial charge is 0.408 e. The van der Waals surface area contributed by atoms with Crippen LogP contribution in [0.25, 0.3) is 22.3 Å². The molecule has 3 heterocycles. The van der Waals surface area contributed by atoms with Gasteiger partial charge >= 0.3 is 26.7 Å². The van der Waals surface area contributed by atoms with Crippen molar-refractivity contribution >= 4 is 83.4 Å². The predicted molar refractivity (Wildman–Crippen MR) is 286 cm³/mol. The molecule has 418 valence electrons. The van der Waals surface area contributed by atoms with E-state index in [9.17, 15) is 36.0 Å². The lowest BCUT2D eigenvalue weighted by molar-refractivity contribution is -0.143. The van der Waals surface area contributed by atoms with Crippen LogP contribution in [0.4, 0.5) is 9.93 Å². The maximum Gasteiger partial charge on any atom is 0.408 e. The highest BCUT2D eigenvalue weighted by molar-refractivity contribution is 7.85. The molecule has 6 N–H and O–H groups in total. The molecule has 0 radical (unpaired) electrons. The van der Waals surface area contributed by atoms with E-state index in [1.807, 2.05) is 40.0 Å². The molecule has 1 aliphatic heterocycles. The van der Waals surface area contributed by atoms with Crippen LogP contribution >= 0.6 is 22.9 Å². The lowest BCUT2D eigenvalue weighted by atomic mass is 9.85. The van der Waals surface area contributed by atoms with Crippen molar-refractivity contribution in [3.63, 3.8) is 0 Å². The van der Waals surface area contributed by atoms with Crippen molar-refractivity contribution in [2.75, 3.05) is 19.0 Å². The summed E-state index contributed by atoms with van der Waals surface area (Å²) in [5, 5.41) is 17.0. The van der Waals surface area contributed by atoms with E-state index >= 15 is 0 Å². The number of pyridine rings is 1. The fraction of sp³-hybridized carbons (Fsp3) is 0.680.